The molecule has 0 aromatic carbocycles. The Balaban J connectivity index is 2.16. The predicted molar refractivity (Wildman–Crippen MR) is 44.5 cm³/mol. The predicted octanol–water partition coefficient (Wildman–Crippen LogP) is 0.935. The highest BCUT2D eigenvalue weighted by molar-refractivity contribution is 4.80. The van der Waals surface area contributed by atoms with Crippen LogP contribution in [0.5, 0.6) is 0 Å². The molecule has 0 saturated carbocycles. The molecular formula is C8H16F2N2. The maximum atomic E-state index is 12.4. The zero-order valence-electron chi connectivity index (χ0n) is 7.61. The van der Waals surface area contributed by atoms with Gasteiger partial charge in [-0.25, -0.2) is 8.78 Å². The normalized spacial score (nSPS) is 26.5. The highest BCUT2D eigenvalue weighted by Gasteiger charge is 2.25. The molecule has 0 aliphatic carbocycles. The fourth-order valence-corrected chi connectivity index (χ4v) is 1.43. The van der Waals surface area contributed by atoms with Gasteiger partial charge in [0.25, 0.3) is 5.92 Å². The van der Waals surface area contributed by atoms with Gasteiger partial charge in [0.15, 0.2) is 0 Å². The summed E-state index contributed by atoms with van der Waals surface area (Å²) in [6.07, 6.45) is 0.979. The van der Waals surface area contributed by atoms with Crippen LogP contribution in [0.2, 0.25) is 0 Å². The van der Waals surface area contributed by atoms with Crippen LogP contribution in [0.25, 0.3) is 0 Å². The van der Waals surface area contributed by atoms with E-state index in [1.165, 1.54) is 0 Å². The molecule has 1 N–H and O–H groups in total. The molecule has 1 heterocycles. The van der Waals surface area contributed by atoms with Gasteiger partial charge in [-0.05, 0) is 20.0 Å². The van der Waals surface area contributed by atoms with E-state index in [1.807, 2.05) is 7.05 Å². The van der Waals surface area contributed by atoms with E-state index in [1.54, 1.807) is 0 Å². The summed E-state index contributed by atoms with van der Waals surface area (Å²) in [7, 11) is 2.01. The lowest BCUT2D eigenvalue weighted by atomic mass is 10.2. The Hall–Kier alpha value is -0.220. The highest BCUT2D eigenvalue weighted by Crippen LogP contribution is 2.12. The molecule has 1 aliphatic rings. The van der Waals surface area contributed by atoms with Crippen LogP contribution < -0.4 is 5.32 Å². The number of alkyl halides is 2. The van der Waals surface area contributed by atoms with Crippen molar-refractivity contribution in [1.29, 1.82) is 0 Å². The van der Waals surface area contributed by atoms with Crippen molar-refractivity contribution in [3.05, 3.63) is 0 Å². The Morgan fingerprint density at radius 3 is 2.67 bits per heavy atom. The maximum Gasteiger partial charge on any atom is 0.257 e. The Labute approximate surface area is 71.9 Å². The number of halogens is 2. The minimum Gasteiger partial charge on any atom is -0.307 e. The summed E-state index contributed by atoms with van der Waals surface area (Å²) in [6, 6.07) is 0.251. The molecule has 12 heavy (non-hydrogen) atoms. The summed E-state index contributed by atoms with van der Waals surface area (Å²) in [5, 5.41) is 2.86. The first-order valence-electron chi connectivity index (χ1n) is 4.27. The van der Waals surface area contributed by atoms with E-state index >= 15 is 0 Å². The Morgan fingerprint density at radius 2 is 2.25 bits per heavy atom. The summed E-state index contributed by atoms with van der Waals surface area (Å²) >= 11 is 0. The first kappa shape index (κ1) is 9.86. The van der Waals surface area contributed by atoms with Gasteiger partial charge in [0.1, 0.15) is 0 Å². The van der Waals surface area contributed by atoms with Crippen LogP contribution in [0.15, 0.2) is 0 Å². The third-order valence-corrected chi connectivity index (χ3v) is 2.09. The molecule has 1 aliphatic heterocycles. The van der Waals surface area contributed by atoms with E-state index in [0.717, 1.165) is 26.4 Å². The molecule has 2 nitrogen and oxygen atoms in total. The topological polar surface area (TPSA) is 15.3 Å². The van der Waals surface area contributed by atoms with Gasteiger partial charge in [-0.2, -0.15) is 0 Å². The molecule has 0 aromatic rings. The molecule has 1 fully saturated rings. The van der Waals surface area contributed by atoms with Crippen molar-refractivity contribution in [2.24, 2.45) is 0 Å². The molecule has 72 valence electrons. The van der Waals surface area contributed by atoms with Gasteiger partial charge >= 0.3 is 0 Å². The van der Waals surface area contributed by atoms with E-state index < -0.39 is 5.92 Å². The largest absolute Gasteiger partial charge is 0.307 e. The first-order valence-corrected chi connectivity index (χ1v) is 4.27. The average Bonchev–Trinajstić information content (AvgIpc) is 2.30. The van der Waals surface area contributed by atoms with Gasteiger partial charge in [0.05, 0.1) is 6.54 Å². The molecule has 1 rings (SSSR count). The van der Waals surface area contributed by atoms with Crippen molar-refractivity contribution in [3.63, 3.8) is 0 Å². The molecule has 0 radical (unpaired) electrons. The summed E-state index contributed by atoms with van der Waals surface area (Å²) in [5.41, 5.74) is 0. The third-order valence-electron chi connectivity index (χ3n) is 2.09. The van der Waals surface area contributed by atoms with Crippen LogP contribution in [0.3, 0.4) is 0 Å². The minimum absolute atomic E-state index is 0.203. The zero-order chi connectivity index (χ0) is 9.19. The molecule has 0 bridgehead atoms. The van der Waals surface area contributed by atoms with Gasteiger partial charge < -0.3 is 10.2 Å². The lowest BCUT2D eigenvalue weighted by molar-refractivity contribution is 0.0202. The van der Waals surface area contributed by atoms with Crippen molar-refractivity contribution >= 4 is 0 Å². The minimum atomic E-state index is -2.58. The molecular weight excluding hydrogens is 162 g/mol. The lowest BCUT2D eigenvalue weighted by Gasteiger charge is -2.16. The first-order chi connectivity index (χ1) is 5.47. The van der Waals surface area contributed by atoms with Gasteiger partial charge in [-0.1, -0.05) is 0 Å². The highest BCUT2D eigenvalue weighted by atomic mass is 19.3. The van der Waals surface area contributed by atoms with Crippen LogP contribution in [0.1, 0.15) is 13.3 Å². The quantitative estimate of drug-likeness (QED) is 0.691. The average molecular weight is 178 g/mol. The third kappa shape index (κ3) is 3.45. The molecule has 1 saturated heterocycles. The van der Waals surface area contributed by atoms with E-state index in [0.29, 0.717) is 0 Å². The van der Waals surface area contributed by atoms with E-state index in [-0.39, 0.29) is 12.6 Å². The van der Waals surface area contributed by atoms with Crippen molar-refractivity contribution in [2.45, 2.75) is 25.3 Å². The van der Waals surface area contributed by atoms with Gasteiger partial charge in [0.2, 0.25) is 0 Å². The molecule has 1 unspecified atom stereocenters. The summed E-state index contributed by atoms with van der Waals surface area (Å²) in [4.78, 5) is 2.14. The van der Waals surface area contributed by atoms with Crippen LogP contribution in [-0.2, 0) is 0 Å². The van der Waals surface area contributed by atoms with E-state index in [9.17, 15) is 8.78 Å². The molecule has 0 aromatic heterocycles. The smallest absolute Gasteiger partial charge is 0.257 e. The van der Waals surface area contributed by atoms with Crippen molar-refractivity contribution < 1.29 is 8.78 Å². The van der Waals surface area contributed by atoms with Gasteiger partial charge in [-0.3, -0.25) is 0 Å². The molecule has 1 atom stereocenters. The second-order valence-electron chi connectivity index (χ2n) is 3.70. The lowest BCUT2D eigenvalue weighted by Crippen LogP contribution is -2.38. The monoisotopic (exact) mass is 178 g/mol. The number of likely N-dealkylation sites (N-methyl/N-ethyl adjacent to an activating group) is 1. The van der Waals surface area contributed by atoms with Crippen LogP contribution in [0.4, 0.5) is 8.78 Å². The number of likely N-dealkylation sites (tertiary alicyclic amines) is 1. The fourth-order valence-electron chi connectivity index (χ4n) is 1.43. The zero-order valence-corrected chi connectivity index (χ0v) is 7.61. The fraction of sp³-hybridized carbons (Fsp3) is 1.00. The standard InChI is InChI=1S/C8H16F2N2/c1-8(9,10)6-11-7-3-4-12(2)5-7/h7,11H,3-6H2,1-2H3. The molecule has 0 amide bonds. The number of rotatable bonds is 3. The van der Waals surface area contributed by atoms with Gasteiger partial charge in [0, 0.05) is 19.5 Å². The summed E-state index contributed by atoms with van der Waals surface area (Å²) in [6.45, 7) is 2.63. The molecule has 0 spiro atoms. The number of nitrogens with one attached hydrogen (secondary N) is 1. The maximum absolute atomic E-state index is 12.4. The number of nitrogens with zero attached hydrogens (tertiary/aromatic N) is 1. The van der Waals surface area contributed by atoms with E-state index in [4.69, 9.17) is 0 Å². The summed E-state index contributed by atoms with van der Waals surface area (Å²) < 4.78 is 24.8. The van der Waals surface area contributed by atoms with Crippen molar-refractivity contribution in [1.82, 2.24) is 10.2 Å². The number of hydrogen-bond donors (Lipinski definition) is 1. The molecule has 4 heteroatoms. The SMILES string of the molecule is CN1CCC(NCC(C)(F)F)C1. The second-order valence-corrected chi connectivity index (χ2v) is 3.70. The Bertz CT molecular complexity index is 144. The Morgan fingerprint density at radius 1 is 1.58 bits per heavy atom. The second kappa shape index (κ2) is 3.66. The number of hydrogen-bond acceptors (Lipinski definition) is 2. The van der Waals surface area contributed by atoms with E-state index in [2.05, 4.69) is 10.2 Å². The van der Waals surface area contributed by atoms with Gasteiger partial charge in [-0.15, -0.1) is 0 Å². The van der Waals surface area contributed by atoms with Crippen molar-refractivity contribution in [3.8, 4) is 0 Å². The van der Waals surface area contributed by atoms with Crippen molar-refractivity contribution in [2.75, 3.05) is 26.7 Å². The Kier molecular flexibility index (Phi) is 3.01. The van der Waals surface area contributed by atoms with Crippen LogP contribution in [0, 0.1) is 0 Å². The summed E-state index contributed by atoms with van der Waals surface area (Å²) in [5.74, 6) is -2.58. The van der Waals surface area contributed by atoms with Crippen LogP contribution >= 0.6 is 0 Å². The van der Waals surface area contributed by atoms with Crippen LogP contribution in [-0.4, -0.2) is 43.5 Å².